The summed E-state index contributed by atoms with van der Waals surface area (Å²) in [6.45, 7) is 4.59. The first-order valence-corrected chi connectivity index (χ1v) is 16.5. The van der Waals surface area contributed by atoms with E-state index < -0.39 is 5.54 Å². The van der Waals surface area contributed by atoms with Crippen molar-refractivity contribution >= 4 is 22.5 Å². The van der Waals surface area contributed by atoms with Crippen LogP contribution in [0.4, 0.5) is 5.69 Å². The van der Waals surface area contributed by atoms with Gasteiger partial charge in [0.25, 0.3) is 0 Å². The zero-order valence-electron chi connectivity index (χ0n) is 26.0. The average Bonchev–Trinajstić information content (AvgIpc) is 3.82. The fraction of sp³-hybridized carbons (Fsp3) is 0.333. The van der Waals surface area contributed by atoms with Gasteiger partial charge in [0.1, 0.15) is 5.54 Å². The van der Waals surface area contributed by atoms with E-state index in [-0.39, 0.29) is 11.3 Å². The van der Waals surface area contributed by atoms with Gasteiger partial charge in [0.15, 0.2) is 0 Å². The lowest BCUT2D eigenvalue weighted by molar-refractivity contribution is -0.124. The van der Waals surface area contributed by atoms with Gasteiger partial charge in [-0.3, -0.25) is 4.79 Å². The van der Waals surface area contributed by atoms with Crippen molar-refractivity contribution in [2.75, 3.05) is 44.7 Å². The van der Waals surface area contributed by atoms with Crippen LogP contribution in [0, 0.1) is 5.41 Å². The molecule has 3 aliphatic heterocycles. The molecule has 1 N–H and O–H groups in total. The third-order valence-electron chi connectivity index (χ3n) is 10.8. The molecule has 1 atom stereocenters. The van der Waals surface area contributed by atoms with Crippen molar-refractivity contribution in [3.05, 3.63) is 132 Å². The Balaban J connectivity index is 1.38. The molecule has 3 saturated heterocycles. The summed E-state index contributed by atoms with van der Waals surface area (Å²) in [4.78, 5) is 18.3. The second-order valence-corrected chi connectivity index (χ2v) is 13.3. The van der Waals surface area contributed by atoms with E-state index in [1.807, 2.05) is 4.90 Å². The maximum absolute atomic E-state index is 13.9. The summed E-state index contributed by atoms with van der Waals surface area (Å²) >= 11 is 0. The number of hydrogen-bond donors (Lipinski definition) is 1. The van der Waals surface area contributed by atoms with Gasteiger partial charge in [0.2, 0.25) is 5.91 Å². The number of piperidine rings is 1. The fourth-order valence-electron chi connectivity index (χ4n) is 8.25. The molecular weight excluding hydrogens is 554 g/mol. The molecule has 3 aliphatic rings. The Morgan fingerprint density at radius 2 is 1.38 bits per heavy atom. The molecule has 4 heterocycles. The second-order valence-electron chi connectivity index (χ2n) is 13.3. The predicted octanol–water partition coefficient (Wildman–Crippen LogP) is 6.40. The van der Waals surface area contributed by atoms with Gasteiger partial charge in [-0.05, 0) is 87.3 Å². The number of rotatable bonds is 6. The number of hydrogen-bond acceptors (Lipinski definition) is 4. The molecule has 1 spiro atoms. The first-order chi connectivity index (χ1) is 22.1. The molecular formula is C39H41N5O. The van der Waals surface area contributed by atoms with Crippen LogP contribution in [0.15, 0.2) is 109 Å². The number of anilines is 1. The topological polar surface area (TPSA) is 53.4 Å². The molecule has 0 unspecified atom stereocenters. The van der Waals surface area contributed by atoms with Crippen LogP contribution in [0.25, 0.3) is 10.9 Å². The molecule has 45 heavy (non-hydrogen) atoms. The van der Waals surface area contributed by atoms with Crippen LogP contribution in [0.5, 0.6) is 0 Å². The molecule has 8 rings (SSSR count). The van der Waals surface area contributed by atoms with Gasteiger partial charge < -0.3 is 15.1 Å². The van der Waals surface area contributed by atoms with Crippen molar-refractivity contribution in [2.24, 2.45) is 5.41 Å². The lowest BCUT2D eigenvalue weighted by atomic mass is 9.77. The summed E-state index contributed by atoms with van der Waals surface area (Å²) in [6.07, 6.45) is 3.98. The lowest BCUT2D eigenvalue weighted by Gasteiger charge is -2.37. The van der Waals surface area contributed by atoms with Crippen molar-refractivity contribution in [1.82, 2.24) is 20.0 Å². The van der Waals surface area contributed by atoms with Crippen molar-refractivity contribution in [1.29, 1.82) is 0 Å². The minimum atomic E-state index is -0.698. The number of likely N-dealkylation sites (tertiary alicyclic amines) is 1. The number of carbonyl (C=O) groups excluding carboxylic acids is 1. The van der Waals surface area contributed by atoms with E-state index in [1.54, 1.807) is 0 Å². The zero-order chi connectivity index (χ0) is 30.4. The van der Waals surface area contributed by atoms with E-state index >= 15 is 0 Å². The van der Waals surface area contributed by atoms with Crippen LogP contribution in [0.1, 0.15) is 54.0 Å². The summed E-state index contributed by atoms with van der Waals surface area (Å²) in [6, 6.07) is 39.1. The first kappa shape index (κ1) is 28.2. The highest BCUT2D eigenvalue weighted by atomic mass is 16.2. The molecule has 0 saturated carbocycles. The highest BCUT2D eigenvalue weighted by Gasteiger charge is 2.49. The molecule has 3 fully saturated rings. The highest BCUT2D eigenvalue weighted by molar-refractivity contribution is 6.02. The summed E-state index contributed by atoms with van der Waals surface area (Å²) < 4.78 is 2.30. The van der Waals surface area contributed by atoms with Crippen molar-refractivity contribution < 1.29 is 4.79 Å². The molecule has 1 amide bonds. The van der Waals surface area contributed by atoms with Gasteiger partial charge in [0, 0.05) is 30.1 Å². The van der Waals surface area contributed by atoms with Gasteiger partial charge in [-0.25, -0.2) is 4.68 Å². The molecule has 6 heteroatoms. The molecule has 0 bridgehead atoms. The monoisotopic (exact) mass is 595 g/mol. The predicted molar refractivity (Wildman–Crippen MR) is 181 cm³/mol. The third-order valence-corrected chi connectivity index (χ3v) is 10.8. The number of nitrogens with one attached hydrogen (secondary N) is 1. The Hall–Kier alpha value is -4.26. The van der Waals surface area contributed by atoms with Crippen LogP contribution >= 0.6 is 0 Å². The van der Waals surface area contributed by atoms with Crippen molar-refractivity contribution in [2.45, 2.75) is 37.1 Å². The normalized spacial score (nSPS) is 21.4. The minimum Gasteiger partial charge on any atom is -0.316 e. The molecule has 5 aromatic rings. The van der Waals surface area contributed by atoms with Crippen LogP contribution in [-0.2, 0) is 10.3 Å². The maximum Gasteiger partial charge on any atom is 0.234 e. The van der Waals surface area contributed by atoms with E-state index in [4.69, 9.17) is 5.10 Å². The molecule has 4 aromatic carbocycles. The Labute approximate surface area is 265 Å². The number of carbonyl (C=O) groups is 1. The Bertz CT molecular complexity index is 1710. The van der Waals surface area contributed by atoms with E-state index in [2.05, 4.69) is 131 Å². The van der Waals surface area contributed by atoms with Gasteiger partial charge in [-0.1, -0.05) is 91.0 Å². The van der Waals surface area contributed by atoms with Gasteiger partial charge in [0.05, 0.1) is 16.6 Å². The zero-order valence-corrected chi connectivity index (χ0v) is 26.0. The molecule has 0 radical (unpaired) electrons. The number of amides is 1. The number of fused-ring (bicyclic) bond motifs is 1. The summed E-state index contributed by atoms with van der Waals surface area (Å²) in [7, 11) is 2.21. The Kier molecular flexibility index (Phi) is 7.07. The van der Waals surface area contributed by atoms with Crippen LogP contribution in [0.2, 0.25) is 0 Å². The van der Waals surface area contributed by atoms with Gasteiger partial charge >= 0.3 is 0 Å². The maximum atomic E-state index is 13.9. The molecule has 1 aromatic heterocycles. The number of nitrogens with zero attached hydrogens (tertiary/aromatic N) is 4. The highest BCUT2D eigenvalue weighted by Crippen LogP contribution is 2.46. The quantitative estimate of drug-likeness (QED) is 0.231. The number of benzene rings is 4. The second kappa shape index (κ2) is 11.3. The van der Waals surface area contributed by atoms with E-state index in [9.17, 15) is 4.79 Å². The van der Waals surface area contributed by atoms with Crippen LogP contribution in [-0.4, -0.2) is 60.4 Å². The summed E-state index contributed by atoms with van der Waals surface area (Å²) in [5.41, 5.74) is 5.78. The van der Waals surface area contributed by atoms with Gasteiger partial charge in [-0.15, -0.1) is 0 Å². The Morgan fingerprint density at radius 1 is 0.778 bits per heavy atom. The van der Waals surface area contributed by atoms with Gasteiger partial charge in [-0.2, -0.15) is 5.10 Å². The summed E-state index contributed by atoms with van der Waals surface area (Å²) in [5, 5.41) is 10.3. The van der Waals surface area contributed by atoms with Crippen molar-refractivity contribution in [3.8, 4) is 0 Å². The van der Waals surface area contributed by atoms with Crippen LogP contribution < -0.4 is 10.2 Å². The largest absolute Gasteiger partial charge is 0.316 e. The third kappa shape index (κ3) is 4.53. The lowest BCUT2D eigenvalue weighted by Crippen LogP contribution is -2.39. The average molecular weight is 596 g/mol. The van der Waals surface area contributed by atoms with Crippen molar-refractivity contribution in [3.63, 3.8) is 0 Å². The fourth-order valence-corrected chi connectivity index (χ4v) is 8.25. The smallest absolute Gasteiger partial charge is 0.234 e. The van der Waals surface area contributed by atoms with E-state index in [0.29, 0.717) is 5.92 Å². The molecule has 0 aliphatic carbocycles. The summed E-state index contributed by atoms with van der Waals surface area (Å²) in [5.74, 6) is 0.618. The Morgan fingerprint density at radius 3 is 1.93 bits per heavy atom. The van der Waals surface area contributed by atoms with E-state index in [1.165, 1.54) is 0 Å². The first-order valence-electron chi connectivity index (χ1n) is 16.5. The molecule has 228 valence electrons. The standard InChI is InChI=1S/C39H41N5O/c1-42-24-19-29(20-25-42)36-34-27-33(43-26-22-38(37(43)45)21-23-40-28-38)17-18-35(34)44(41-36)39(30-11-5-2-6-12-30,31-13-7-3-8-14-31)32-15-9-4-10-16-32/h2-18,27,29,40H,19-26,28H2,1H3/t38-/m0/s1. The molecule has 6 nitrogen and oxygen atoms in total. The minimum absolute atomic E-state index is 0.251. The SMILES string of the molecule is CN1CCC(c2nn(C(c3ccccc3)(c3ccccc3)c3ccccc3)c3ccc(N4CC[C@]5(CCNC5)C4=O)cc23)CC1. The number of aromatic nitrogens is 2. The van der Waals surface area contributed by atoms with Crippen LogP contribution in [0.3, 0.4) is 0 Å². The van der Waals surface area contributed by atoms with E-state index in [0.717, 1.165) is 97.4 Å².